The van der Waals surface area contributed by atoms with Gasteiger partial charge in [-0.25, -0.2) is 0 Å². The molecular formula is C16H29NO. The smallest absolute Gasteiger partial charge is 0.0218 e. The van der Waals surface area contributed by atoms with Gasteiger partial charge in [0.15, 0.2) is 0 Å². The molecule has 1 rings (SSSR count). The van der Waals surface area contributed by atoms with Crippen LogP contribution in [0.25, 0.3) is 0 Å². The Morgan fingerprint density at radius 3 is 2.06 bits per heavy atom. The molecule has 0 heterocycles. The molecule has 104 valence electrons. The largest absolute Gasteiger partial charge is 0.412 e. The van der Waals surface area contributed by atoms with Crippen molar-refractivity contribution in [1.82, 2.24) is 0 Å². The van der Waals surface area contributed by atoms with E-state index in [1.165, 1.54) is 24.8 Å². The van der Waals surface area contributed by atoms with Crippen LogP contribution >= 0.6 is 0 Å². The first kappa shape index (κ1) is 17.1. The summed E-state index contributed by atoms with van der Waals surface area (Å²) >= 11 is 0. The van der Waals surface area contributed by atoms with E-state index in [1.54, 1.807) is 0 Å². The third-order valence-corrected chi connectivity index (χ3v) is 4.06. The van der Waals surface area contributed by atoms with E-state index in [2.05, 4.69) is 51.1 Å². The average molecular weight is 251 g/mol. The van der Waals surface area contributed by atoms with Gasteiger partial charge in [0.1, 0.15) is 0 Å². The molecule has 0 aliphatic carbocycles. The Morgan fingerprint density at radius 1 is 1.06 bits per heavy atom. The highest BCUT2D eigenvalue weighted by Gasteiger charge is 2.31. The summed E-state index contributed by atoms with van der Waals surface area (Å²) in [5, 5.41) is 0. The summed E-state index contributed by atoms with van der Waals surface area (Å²) in [5.74, 6) is 0.499. The van der Waals surface area contributed by atoms with Crippen molar-refractivity contribution in [3.63, 3.8) is 0 Å². The molecule has 0 saturated heterocycles. The summed E-state index contributed by atoms with van der Waals surface area (Å²) in [6, 6.07) is 10.8. The molecule has 1 aromatic carbocycles. The summed E-state index contributed by atoms with van der Waals surface area (Å²) in [5.41, 5.74) is 7.98. The van der Waals surface area contributed by atoms with Gasteiger partial charge in [0.05, 0.1) is 0 Å². The van der Waals surface area contributed by atoms with Crippen molar-refractivity contribution in [2.45, 2.75) is 64.3 Å². The van der Waals surface area contributed by atoms with Crippen LogP contribution in [0.5, 0.6) is 0 Å². The van der Waals surface area contributed by atoms with Gasteiger partial charge in [0.2, 0.25) is 0 Å². The van der Waals surface area contributed by atoms with Crippen molar-refractivity contribution in [1.29, 1.82) is 0 Å². The maximum atomic E-state index is 6.61. The molecule has 0 radical (unpaired) electrons. The number of hydrogen-bond donors (Lipinski definition) is 1. The van der Waals surface area contributed by atoms with Crippen LogP contribution in [-0.4, -0.2) is 11.0 Å². The molecule has 1 aromatic rings. The van der Waals surface area contributed by atoms with Crippen LogP contribution < -0.4 is 5.73 Å². The Balaban J connectivity index is 0.00000289. The molecule has 18 heavy (non-hydrogen) atoms. The fourth-order valence-corrected chi connectivity index (χ4v) is 2.62. The van der Waals surface area contributed by atoms with Crippen molar-refractivity contribution in [3.8, 4) is 0 Å². The molecule has 0 saturated carbocycles. The van der Waals surface area contributed by atoms with Gasteiger partial charge in [0, 0.05) is 11.5 Å². The number of benzene rings is 1. The van der Waals surface area contributed by atoms with Gasteiger partial charge >= 0.3 is 0 Å². The van der Waals surface area contributed by atoms with Gasteiger partial charge in [-0.2, -0.15) is 0 Å². The predicted octanol–water partition coefficient (Wildman–Crippen LogP) is 3.65. The normalized spacial score (nSPS) is 12.9. The number of nitrogens with two attached hydrogens (primary N) is 1. The van der Waals surface area contributed by atoms with Gasteiger partial charge < -0.3 is 11.2 Å². The quantitative estimate of drug-likeness (QED) is 0.790. The summed E-state index contributed by atoms with van der Waals surface area (Å²) in [6.07, 6.45) is 5.81. The molecule has 0 aromatic heterocycles. The molecule has 0 aliphatic heterocycles. The van der Waals surface area contributed by atoms with Crippen molar-refractivity contribution >= 4 is 0 Å². The van der Waals surface area contributed by atoms with E-state index >= 15 is 0 Å². The molecule has 0 spiro atoms. The first-order chi connectivity index (χ1) is 8.18. The minimum atomic E-state index is -0.0451. The van der Waals surface area contributed by atoms with Crippen LogP contribution in [0, 0.1) is 0 Å². The second-order valence-electron chi connectivity index (χ2n) is 5.05. The zero-order valence-electron chi connectivity index (χ0n) is 12.1. The first-order valence-electron chi connectivity index (χ1n) is 7.01. The van der Waals surface area contributed by atoms with Crippen LogP contribution in [0.1, 0.15) is 64.4 Å². The van der Waals surface area contributed by atoms with Gasteiger partial charge in [-0.05, 0) is 24.8 Å². The lowest BCUT2D eigenvalue weighted by Crippen LogP contribution is -2.44. The van der Waals surface area contributed by atoms with E-state index in [-0.39, 0.29) is 11.0 Å². The molecule has 0 aliphatic rings. The van der Waals surface area contributed by atoms with Gasteiger partial charge in [0.25, 0.3) is 0 Å². The van der Waals surface area contributed by atoms with Crippen molar-refractivity contribution in [3.05, 3.63) is 35.9 Å². The van der Waals surface area contributed by atoms with Crippen LogP contribution in [0.3, 0.4) is 0 Å². The Bertz CT molecular complexity index is 306. The Kier molecular flexibility index (Phi) is 7.88. The van der Waals surface area contributed by atoms with E-state index in [1.807, 2.05) is 0 Å². The highest BCUT2D eigenvalue weighted by Crippen LogP contribution is 2.35. The lowest BCUT2D eigenvalue weighted by molar-refractivity contribution is 0.302. The maximum Gasteiger partial charge on any atom is 0.0218 e. The van der Waals surface area contributed by atoms with Crippen LogP contribution in [0.15, 0.2) is 30.3 Å². The summed E-state index contributed by atoms with van der Waals surface area (Å²) < 4.78 is 0. The second-order valence-corrected chi connectivity index (χ2v) is 5.05. The van der Waals surface area contributed by atoms with E-state index < -0.39 is 0 Å². The van der Waals surface area contributed by atoms with Gasteiger partial charge in [-0.1, -0.05) is 63.9 Å². The highest BCUT2D eigenvalue weighted by molar-refractivity contribution is 5.23. The average Bonchev–Trinajstić information content (AvgIpc) is 2.40. The lowest BCUT2D eigenvalue weighted by atomic mass is 9.74. The topological polar surface area (TPSA) is 57.5 Å². The molecule has 2 nitrogen and oxygen atoms in total. The second kappa shape index (κ2) is 8.28. The summed E-state index contributed by atoms with van der Waals surface area (Å²) in [4.78, 5) is 0. The van der Waals surface area contributed by atoms with Gasteiger partial charge in [-0.15, -0.1) is 0 Å². The molecule has 0 fully saturated rings. The zero-order chi connectivity index (χ0) is 12.7. The van der Waals surface area contributed by atoms with Crippen LogP contribution in [0.4, 0.5) is 0 Å². The molecule has 0 bridgehead atoms. The Hall–Kier alpha value is -0.860. The fraction of sp³-hybridized carbons (Fsp3) is 0.625. The van der Waals surface area contributed by atoms with Crippen molar-refractivity contribution in [2.75, 3.05) is 0 Å². The SMILES string of the molecule is CCCCC(c1ccccc1)C(N)(CC)CC.O. The highest BCUT2D eigenvalue weighted by atomic mass is 16.0. The third kappa shape index (κ3) is 4.11. The van der Waals surface area contributed by atoms with E-state index in [0.29, 0.717) is 5.92 Å². The van der Waals surface area contributed by atoms with Crippen molar-refractivity contribution < 1.29 is 5.48 Å². The Labute approximate surface area is 112 Å². The van der Waals surface area contributed by atoms with Gasteiger partial charge in [-0.3, -0.25) is 0 Å². The standard InChI is InChI=1S/C16H27N.H2O/c1-4-7-13-15(16(17,5-2)6-3)14-11-9-8-10-12-14;/h8-12,15H,4-7,13,17H2,1-3H3;1H2. The zero-order valence-corrected chi connectivity index (χ0v) is 12.1. The number of hydrogen-bond acceptors (Lipinski definition) is 1. The predicted molar refractivity (Wildman–Crippen MR) is 79.8 cm³/mol. The molecule has 4 N–H and O–H groups in total. The molecule has 0 amide bonds. The molecule has 1 unspecified atom stereocenters. The fourth-order valence-electron chi connectivity index (χ4n) is 2.62. The maximum absolute atomic E-state index is 6.61. The monoisotopic (exact) mass is 251 g/mol. The molecule has 2 heteroatoms. The van der Waals surface area contributed by atoms with Crippen molar-refractivity contribution in [2.24, 2.45) is 5.73 Å². The minimum absolute atomic E-state index is 0. The van der Waals surface area contributed by atoms with E-state index in [0.717, 1.165) is 12.8 Å². The Morgan fingerprint density at radius 2 is 1.61 bits per heavy atom. The summed E-state index contributed by atoms with van der Waals surface area (Å²) in [7, 11) is 0. The molecule has 1 atom stereocenters. The third-order valence-electron chi connectivity index (χ3n) is 4.06. The summed E-state index contributed by atoms with van der Waals surface area (Å²) in [6.45, 7) is 6.68. The van der Waals surface area contributed by atoms with Crippen LogP contribution in [0.2, 0.25) is 0 Å². The molecular weight excluding hydrogens is 222 g/mol. The minimum Gasteiger partial charge on any atom is -0.412 e. The number of unbranched alkanes of at least 4 members (excludes halogenated alkanes) is 1. The first-order valence-corrected chi connectivity index (χ1v) is 7.01. The van der Waals surface area contributed by atoms with E-state index in [4.69, 9.17) is 5.73 Å². The number of rotatable bonds is 7. The lowest BCUT2D eigenvalue weighted by Gasteiger charge is -2.36. The van der Waals surface area contributed by atoms with E-state index in [9.17, 15) is 0 Å². The van der Waals surface area contributed by atoms with Crippen LogP contribution in [-0.2, 0) is 0 Å².